The van der Waals surface area contributed by atoms with Gasteiger partial charge in [0.2, 0.25) is 0 Å². The van der Waals surface area contributed by atoms with Crippen molar-refractivity contribution in [3.05, 3.63) is 39.7 Å². The summed E-state index contributed by atoms with van der Waals surface area (Å²) in [6.45, 7) is 0. The highest BCUT2D eigenvalue weighted by Gasteiger charge is 2.24. The van der Waals surface area contributed by atoms with Gasteiger partial charge in [0.1, 0.15) is 0 Å². The Hall–Kier alpha value is -1.34. The largest absolute Gasteiger partial charge is 0.398 e. The Morgan fingerprint density at radius 3 is 2.78 bits per heavy atom. The minimum Gasteiger partial charge on any atom is -0.398 e. The van der Waals surface area contributed by atoms with Crippen LogP contribution in [-0.4, -0.2) is 26.1 Å². The van der Waals surface area contributed by atoms with Crippen LogP contribution < -0.4 is 11.1 Å². The van der Waals surface area contributed by atoms with Crippen molar-refractivity contribution < 1.29 is 13.2 Å². The SMILES string of the molecule is Nc1ccc(Br)cc1C(=O)NC1C=CS(=O)(=O)C1. The Balaban J connectivity index is 2.14. The number of amides is 1. The van der Waals surface area contributed by atoms with Crippen molar-refractivity contribution in [3.63, 3.8) is 0 Å². The van der Waals surface area contributed by atoms with E-state index in [2.05, 4.69) is 21.2 Å². The molecule has 2 rings (SSSR count). The Morgan fingerprint density at radius 2 is 2.17 bits per heavy atom. The molecular weight excluding hydrogens is 320 g/mol. The molecule has 0 aliphatic carbocycles. The lowest BCUT2D eigenvalue weighted by Gasteiger charge is -2.11. The number of anilines is 1. The average Bonchev–Trinajstić information content (AvgIpc) is 2.61. The predicted octanol–water partition coefficient (Wildman–Crippen LogP) is 1.07. The second-order valence-corrected chi connectivity index (χ2v) is 6.82. The van der Waals surface area contributed by atoms with Crippen LogP contribution in [0, 0.1) is 0 Å². The Labute approximate surface area is 113 Å². The summed E-state index contributed by atoms with van der Waals surface area (Å²) < 4.78 is 23.2. The van der Waals surface area contributed by atoms with Gasteiger partial charge in [-0.15, -0.1) is 0 Å². The summed E-state index contributed by atoms with van der Waals surface area (Å²) in [6, 6.07) is 4.44. The van der Waals surface area contributed by atoms with Crippen molar-refractivity contribution >= 4 is 37.4 Å². The van der Waals surface area contributed by atoms with Crippen LogP contribution in [0.3, 0.4) is 0 Å². The number of hydrogen-bond acceptors (Lipinski definition) is 4. The van der Waals surface area contributed by atoms with Gasteiger partial charge in [0.05, 0.1) is 17.4 Å². The van der Waals surface area contributed by atoms with Crippen molar-refractivity contribution in [2.75, 3.05) is 11.5 Å². The van der Waals surface area contributed by atoms with Gasteiger partial charge >= 0.3 is 0 Å². The number of benzene rings is 1. The first-order valence-corrected chi connectivity index (χ1v) is 7.65. The molecule has 0 aromatic heterocycles. The number of hydrogen-bond donors (Lipinski definition) is 2. The second kappa shape index (κ2) is 4.74. The zero-order valence-corrected chi connectivity index (χ0v) is 11.7. The van der Waals surface area contributed by atoms with Crippen LogP contribution in [0.5, 0.6) is 0 Å². The minimum absolute atomic E-state index is 0.105. The number of carbonyl (C=O) groups excluding carboxylic acids is 1. The second-order valence-electron chi connectivity index (χ2n) is 3.97. The fraction of sp³-hybridized carbons (Fsp3) is 0.182. The molecule has 1 unspecified atom stereocenters. The lowest BCUT2D eigenvalue weighted by molar-refractivity contribution is 0.0948. The van der Waals surface area contributed by atoms with Gasteiger partial charge in [0.25, 0.3) is 5.91 Å². The molecule has 0 spiro atoms. The molecule has 0 saturated carbocycles. The molecule has 0 radical (unpaired) electrons. The molecule has 96 valence electrons. The number of sulfone groups is 1. The van der Waals surface area contributed by atoms with Crippen LogP contribution in [0.4, 0.5) is 5.69 Å². The van der Waals surface area contributed by atoms with Gasteiger partial charge in [-0.1, -0.05) is 15.9 Å². The van der Waals surface area contributed by atoms with E-state index < -0.39 is 15.9 Å². The quantitative estimate of drug-likeness (QED) is 0.794. The van der Waals surface area contributed by atoms with E-state index in [1.807, 2.05) is 0 Å². The standard InChI is InChI=1S/C11H11BrN2O3S/c12-7-1-2-10(13)9(5-7)11(15)14-8-3-4-18(16,17)6-8/h1-5,8H,6,13H2,(H,14,15). The first-order chi connectivity index (χ1) is 8.37. The van der Waals surface area contributed by atoms with Crippen LogP contribution in [-0.2, 0) is 9.84 Å². The zero-order chi connectivity index (χ0) is 13.3. The van der Waals surface area contributed by atoms with Crippen LogP contribution in [0.2, 0.25) is 0 Å². The number of carbonyl (C=O) groups is 1. The van der Waals surface area contributed by atoms with Gasteiger partial charge in [-0.05, 0) is 24.3 Å². The molecule has 1 aliphatic heterocycles. The van der Waals surface area contributed by atoms with E-state index in [0.717, 1.165) is 9.88 Å². The zero-order valence-electron chi connectivity index (χ0n) is 9.26. The molecule has 18 heavy (non-hydrogen) atoms. The van der Waals surface area contributed by atoms with Crippen LogP contribution in [0.15, 0.2) is 34.2 Å². The van der Waals surface area contributed by atoms with Gasteiger partial charge < -0.3 is 11.1 Å². The Kier molecular flexibility index (Phi) is 3.45. The molecule has 5 nitrogen and oxygen atoms in total. The first-order valence-electron chi connectivity index (χ1n) is 5.14. The van der Waals surface area contributed by atoms with Gasteiger partial charge in [0.15, 0.2) is 9.84 Å². The fourth-order valence-electron chi connectivity index (χ4n) is 1.64. The van der Waals surface area contributed by atoms with Crippen molar-refractivity contribution in [3.8, 4) is 0 Å². The monoisotopic (exact) mass is 330 g/mol. The van der Waals surface area contributed by atoms with Gasteiger partial charge in [0, 0.05) is 15.6 Å². The Bertz CT molecular complexity index is 625. The van der Waals surface area contributed by atoms with Gasteiger partial charge in [-0.2, -0.15) is 0 Å². The van der Waals surface area contributed by atoms with Crippen molar-refractivity contribution in [2.24, 2.45) is 0 Å². The molecule has 7 heteroatoms. The number of nitrogens with two attached hydrogens (primary N) is 1. The maximum absolute atomic E-state index is 11.9. The molecule has 0 saturated heterocycles. The summed E-state index contributed by atoms with van der Waals surface area (Å²) in [6.07, 6.45) is 1.46. The molecule has 1 aromatic carbocycles. The predicted molar refractivity (Wildman–Crippen MR) is 72.7 cm³/mol. The van der Waals surface area contributed by atoms with Gasteiger partial charge in [-0.25, -0.2) is 8.42 Å². The highest BCUT2D eigenvalue weighted by Crippen LogP contribution is 2.19. The van der Waals surface area contributed by atoms with E-state index in [1.165, 1.54) is 6.08 Å². The number of nitrogen functional groups attached to an aromatic ring is 1. The average molecular weight is 331 g/mol. The molecule has 3 N–H and O–H groups in total. The van der Waals surface area contributed by atoms with E-state index in [9.17, 15) is 13.2 Å². The number of nitrogens with one attached hydrogen (secondary N) is 1. The third-order valence-corrected chi connectivity index (χ3v) is 4.40. The summed E-state index contributed by atoms with van der Waals surface area (Å²) >= 11 is 3.25. The maximum Gasteiger partial charge on any atom is 0.253 e. The fourth-order valence-corrected chi connectivity index (χ4v) is 3.23. The molecule has 1 aromatic rings. The van der Waals surface area contributed by atoms with Crippen molar-refractivity contribution in [1.29, 1.82) is 0 Å². The normalized spacial score (nSPS) is 20.8. The third kappa shape index (κ3) is 2.91. The summed E-state index contributed by atoms with van der Waals surface area (Å²) in [7, 11) is -3.18. The highest BCUT2D eigenvalue weighted by atomic mass is 79.9. The molecular formula is C11H11BrN2O3S. The lowest BCUT2D eigenvalue weighted by atomic mass is 10.1. The van der Waals surface area contributed by atoms with Crippen LogP contribution in [0.1, 0.15) is 10.4 Å². The summed E-state index contributed by atoms with van der Waals surface area (Å²) in [5.74, 6) is -0.493. The van der Waals surface area contributed by atoms with E-state index in [4.69, 9.17) is 5.73 Å². The molecule has 1 aliphatic rings. The minimum atomic E-state index is -3.18. The first kappa shape index (κ1) is 13.1. The number of rotatable bonds is 2. The smallest absolute Gasteiger partial charge is 0.253 e. The van der Waals surface area contributed by atoms with E-state index in [0.29, 0.717) is 11.3 Å². The molecule has 1 heterocycles. The maximum atomic E-state index is 11.9. The highest BCUT2D eigenvalue weighted by molar-refractivity contribution is 9.10. The van der Waals surface area contributed by atoms with Gasteiger partial charge in [-0.3, -0.25) is 4.79 Å². The summed E-state index contributed by atoms with van der Waals surface area (Å²) in [5.41, 5.74) is 6.37. The lowest BCUT2D eigenvalue weighted by Crippen LogP contribution is -2.35. The molecule has 1 atom stereocenters. The third-order valence-electron chi connectivity index (χ3n) is 2.51. The van der Waals surface area contributed by atoms with Crippen molar-refractivity contribution in [1.82, 2.24) is 5.32 Å². The molecule has 1 amide bonds. The molecule has 0 bridgehead atoms. The summed E-state index contributed by atoms with van der Waals surface area (Å²) in [4.78, 5) is 11.9. The van der Waals surface area contributed by atoms with E-state index in [1.54, 1.807) is 18.2 Å². The molecule has 0 fully saturated rings. The Morgan fingerprint density at radius 1 is 1.44 bits per heavy atom. The van der Waals surface area contributed by atoms with E-state index >= 15 is 0 Å². The van der Waals surface area contributed by atoms with Crippen LogP contribution >= 0.6 is 15.9 Å². The number of halogens is 1. The summed E-state index contributed by atoms with van der Waals surface area (Å²) in [5, 5.41) is 3.73. The van der Waals surface area contributed by atoms with Crippen LogP contribution in [0.25, 0.3) is 0 Å². The topological polar surface area (TPSA) is 89.3 Å². The van der Waals surface area contributed by atoms with Crippen molar-refractivity contribution in [2.45, 2.75) is 6.04 Å². The van der Waals surface area contributed by atoms with E-state index in [-0.39, 0.29) is 11.7 Å².